The lowest BCUT2D eigenvalue weighted by Crippen LogP contribution is -2.10. The average Bonchev–Trinajstić information content (AvgIpc) is 3.86. The largest absolute Gasteiger partial charge is 0.416 e. The minimum Gasteiger partial charge on any atom is -0.416 e. The maximum absolute atomic E-state index is 6.14. The third-order valence-corrected chi connectivity index (χ3v) is 9.22. The van der Waals surface area contributed by atoms with E-state index >= 15 is 0 Å². The molecule has 7 aromatic rings. The number of hydrogen-bond acceptors (Lipinski definition) is 7. The third kappa shape index (κ3) is 8.04. The molecule has 0 atom stereocenters. The van der Waals surface area contributed by atoms with Gasteiger partial charge in [0.05, 0.1) is 0 Å². The average molecular weight is 712 g/mol. The van der Waals surface area contributed by atoms with Crippen molar-refractivity contribution in [3.05, 3.63) is 138 Å². The van der Waals surface area contributed by atoms with Gasteiger partial charge in [-0.3, -0.25) is 0 Å². The van der Waals surface area contributed by atoms with Crippen LogP contribution in [0.25, 0.3) is 45.8 Å². The van der Waals surface area contributed by atoms with Crippen molar-refractivity contribution in [3.8, 4) is 57.7 Å². The molecule has 270 valence electrons. The van der Waals surface area contributed by atoms with Crippen molar-refractivity contribution in [2.45, 2.75) is 66.2 Å². The molecule has 0 saturated carbocycles. The Balaban J connectivity index is 1.16. The monoisotopic (exact) mass is 711 g/mol. The first-order chi connectivity index (χ1) is 25.8. The molecule has 54 heavy (non-hydrogen) atoms. The summed E-state index contributed by atoms with van der Waals surface area (Å²) >= 11 is 0. The molecule has 7 heteroatoms. The summed E-state index contributed by atoms with van der Waals surface area (Å²) in [4.78, 5) is 2.19. The molecule has 0 aliphatic rings. The highest BCUT2D eigenvalue weighted by Gasteiger charge is 2.19. The van der Waals surface area contributed by atoms with Crippen LogP contribution in [0.5, 0.6) is 0 Å². The lowest BCUT2D eigenvalue weighted by molar-refractivity contribution is 0.582. The van der Waals surface area contributed by atoms with Crippen molar-refractivity contribution in [2.75, 3.05) is 4.90 Å². The molecule has 0 aliphatic heterocycles. The van der Waals surface area contributed by atoms with Crippen molar-refractivity contribution < 1.29 is 8.83 Å². The Morgan fingerprint density at radius 2 is 0.741 bits per heavy atom. The smallest absolute Gasteiger partial charge is 0.248 e. The summed E-state index contributed by atoms with van der Waals surface area (Å²) in [6.45, 7) is 17.4. The normalized spacial score (nSPS) is 11.7. The van der Waals surface area contributed by atoms with Crippen LogP contribution in [-0.2, 0) is 10.8 Å². The minimum atomic E-state index is 0.0675. The zero-order chi connectivity index (χ0) is 38.0. The van der Waals surface area contributed by atoms with Crippen molar-refractivity contribution in [3.63, 3.8) is 0 Å². The second-order valence-corrected chi connectivity index (χ2v) is 15.9. The summed E-state index contributed by atoms with van der Waals surface area (Å²) in [7, 11) is 0. The van der Waals surface area contributed by atoms with E-state index in [4.69, 9.17) is 8.83 Å². The maximum Gasteiger partial charge on any atom is 0.248 e. The van der Waals surface area contributed by atoms with Gasteiger partial charge in [0.15, 0.2) is 0 Å². The van der Waals surface area contributed by atoms with Gasteiger partial charge in [-0.25, -0.2) is 0 Å². The summed E-state index contributed by atoms with van der Waals surface area (Å²) < 4.78 is 12.3. The fourth-order valence-electron chi connectivity index (χ4n) is 6.01. The number of hydrogen-bond donors (Lipinski definition) is 0. The molecular formula is C47H45N5O2. The number of aromatic nitrogens is 4. The van der Waals surface area contributed by atoms with Gasteiger partial charge < -0.3 is 13.7 Å². The van der Waals surface area contributed by atoms with E-state index in [0.29, 0.717) is 29.5 Å². The van der Waals surface area contributed by atoms with Crippen LogP contribution in [-0.4, -0.2) is 20.4 Å². The SMILES string of the molecule is CC(C)C#Cc1ccc(N(c2ccc(-c3nnc(-c4ccc(C(C)(C)C)cc4)o3)cc2)c2ccc(-c3nnc(-c4ccc(C(C)(C)C)cc4)o3)cc2)cc1. The van der Waals surface area contributed by atoms with Crippen molar-refractivity contribution in [2.24, 2.45) is 5.92 Å². The predicted molar refractivity (Wildman–Crippen MR) is 218 cm³/mol. The van der Waals surface area contributed by atoms with Gasteiger partial charge in [0.25, 0.3) is 0 Å². The van der Waals surface area contributed by atoms with Crippen molar-refractivity contribution in [1.82, 2.24) is 20.4 Å². The molecule has 0 unspecified atom stereocenters. The molecule has 0 bridgehead atoms. The van der Waals surface area contributed by atoms with E-state index in [1.54, 1.807) is 0 Å². The first-order valence-corrected chi connectivity index (χ1v) is 18.3. The zero-order valence-corrected chi connectivity index (χ0v) is 32.2. The predicted octanol–water partition coefficient (Wildman–Crippen LogP) is 12.2. The number of benzene rings is 5. The molecule has 0 amide bonds. The lowest BCUT2D eigenvalue weighted by Gasteiger charge is -2.25. The van der Waals surface area contributed by atoms with E-state index in [-0.39, 0.29) is 10.8 Å². The Kier molecular flexibility index (Phi) is 9.79. The summed E-state index contributed by atoms with van der Waals surface area (Å²) in [6, 6.07) is 41.2. The molecule has 2 aromatic heterocycles. The quantitative estimate of drug-likeness (QED) is 0.152. The summed E-state index contributed by atoms with van der Waals surface area (Å²) in [6.07, 6.45) is 0. The minimum absolute atomic E-state index is 0.0675. The van der Waals surface area contributed by atoms with E-state index in [1.165, 1.54) is 11.1 Å². The van der Waals surface area contributed by atoms with E-state index in [0.717, 1.165) is 44.9 Å². The van der Waals surface area contributed by atoms with Gasteiger partial charge in [-0.15, -0.1) is 20.4 Å². The van der Waals surface area contributed by atoms with Gasteiger partial charge in [-0.05, 0) is 119 Å². The van der Waals surface area contributed by atoms with Gasteiger partial charge in [0.2, 0.25) is 23.6 Å². The van der Waals surface area contributed by atoms with E-state index in [2.05, 4.69) is 165 Å². The van der Waals surface area contributed by atoms with Gasteiger partial charge >= 0.3 is 0 Å². The van der Waals surface area contributed by atoms with Crippen LogP contribution in [0.4, 0.5) is 17.1 Å². The molecule has 0 spiro atoms. The maximum atomic E-state index is 6.14. The van der Waals surface area contributed by atoms with Crippen LogP contribution in [0.15, 0.2) is 130 Å². The van der Waals surface area contributed by atoms with E-state index < -0.39 is 0 Å². The van der Waals surface area contributed by atoms with E-state index in [9.17, 15) is 0 Å². The van der Waals surface area contributed by atoms with Crippen LogP contribution < -0.4 is 4.90 Å². The molecule has 0 aliphatic carbocycles. The lowest BCUT2D eigenvalue weighted by atomic mass is 9.87. The molecule has 7 rings (SSSR count). The van der Waals surface area contributed by atoms with Gasteiger partial charge in [-0.2, -0.15) is 0 Å². The number of rotatable bonds is 7. The summed E-state index contributed by atoms with van der Waals surface area (Å²) in [5.74, 6) is 8.73. The van der Waals surface area contributed by atoms with Crippen LogP contribution in [0, 0.1) is 17.8 Å². The van der Waals surface area contributed by atoms with Crippen LogP contribution in [0.2, 0.25) is 0 Å². The highest BCUT2D eigenvalue weighted by Crippen LogP contribution is 2.37. The van der Waals surface area contributed by atoms with Crippen molar-refractivity contribution in [1.29, 1.82) is 0 Å². The molecule has 0 N–H and O–H groups in total. The Labute approximate surface area is 318 Å². The molecule has 0 saturated heterocycles. The molecule has 5 aromatic carbocycles. The Morgan fingerprint density at radius 3 is 1.04 bits per heavy atom. The van der Waals surface area contributed by atoms with Gasteiger partial charge in [0.1, 0.15) is 0 Å². The first-order valence-electron chi connectivity index (χ1n) is 18.3. The molecular weight excluding hydrogens is 667 g/mol. The Bertz CT molecular complexity index is 2260. The fraction of sp³-hybridized carbons (Fsp3) is 0.234. The summed E-state index contributed by atoms with van der Waals surface area (Å²) in [5.41, 5.74) is 9.96. The Hall–Kier alpha value is -6.26. The molecule has 0 fully saturated rings. The van der Waals surface area contributed by atoms with Gasteiger partial charge in [-0.1, -0.05) is 91.5 Å². The molecule has 2 heterocycles. The van der Waals surface area contributed by atoms with Crippen LogP contribution >= 0.6 is 0 Å². The second-order valence-electron chi connectivity index (χ2n) is 15.9. The topological polar surface area (TPSA) is 81.1 Å². The summed E-state index contributed by atoms with van der Waals surface area (Å²) in [5, 5.41) is 17.4. The number of anilines is 3. The van der Waals surface area contributed by atoms with Crippen molar-refractivity contribution >= 4 is 17.1 Å². The van der Waals surface area contributed by atoms with E-state index in [1.807, 2.05) is 48.5 Å². The Morgan fingerprint density at radius 1 is 0.444 bits per heavy atom. The molecule has 0 radical (unpaired) electrons. The zero-order valence-electron chi connectivity index (χ0n) is 32.2. The highest BCUT2D eigenvalue weighted by molar-refractivity contribution is 5.79. The molecule has 7 nitrogen and oxygen atoms in total. The highest BCUT2D eigenvalue weighted by atomic mass is 16.4. The standard InChI is InChI=1S/C47H45N5O2/c1-31(2)9-10-32-11-25-39(26-12-32)52(40-27-17-35(18-28-40)44-50-48-42(53-44)33-13-21-37(22-14-33)46(3,4)5)41-29-19-36(20-30-41)45-51-49-43(54-45)34-15-23-38(24-16-34)47(6,7)8/h11-31H,1-8H3. The first kappa shape index (κ1) is 36.1. The van der Waals surface area contributed by atoms with Gasteiger partial charge in [0, 0.05) is 50.8 Å². The number of nitrogens with zero attached hydrogens (tertiary/aromatic N) is 5. The fourth-order valence-corrected chi connectivity index (χ4v) is 6.01. The van der Waals surface area contributed by atoms with Crippen LogP contribution in [0.3, 0.4) is 0 Å². The van der Waals surface area contributed by atoms with Crippen LogP contribution in [0.1, 0.15) is 72.1 Å². The third-order valence-electron chi connectivity index (χ3n) is 9.22. The second kappa shape index (κ2) is 14.6.